The molecule has 1 nitrogen and oxygen atoms in total. The third-order valence-corrected chi connectivity index (χ3v) is 0.497. The molecule has 0 saturated carbocycles. The maximum atomic E-state index is 4.97. The molecule has 0 saturated heterocycles. The van der Waals surface area contributed by atoms with Gasteiger partial charge in [-0.1, -0.05) is 6.58 Å². The van der Waals surface area contributed by atoms with Crippen molar-refractivity contribution >= 4 is 12.6 Å². The molecule has 0 rings (SSSR count). The van der Waals surface area contributed by atoms with Crippen molar-refractivity contribution in [3.05, 3.63) is 18.0 Å². The molecule has 0 aliphatic heterocycles. The number of nitrogens with two attached hydrogens (primary N) is 1. The molecule has 0 spiro atoms. The van der Waals surface area contributed by atoms with Crippen LogP contribution in [0.15, 0.2) is 12.3 Å². The lowest BCUT2D eigenvalue weighted by Gasteiger charge is -1.80. The number of hydrogen-bond donors (Lipinski definition) is 2. The summed E-state index contributed by atoms with van der Waals surface area (Å²) >= 11 is 3.67. The van der Waals surface area contributed by atoms with Gasteiger partial charge in [0, 0.05) is 5.70 Å². The average Bonchev–Trinajstić information content (AvgIpc) is 1.38. The van der Waals surface area contributed by atoms with Crippen molar-refractivity contribution in [2.75, 3.05) is 0 Å². The summed E-state index contributed by atoms with van der Waals surface area (Å²) < 4.78 is 0. The molecule has 0 bridgehead atoms. The first-order chi connectivity index (χ1) is 2.27. The second-order valence-corrected chi connectivity index (χ2v) is 0.962. The topological polar surface area (TPSA) is 26.0 Å². The Hall–Kier alpha value is -0.110. The highest BCUT2D eigenvalue weighted by molar-refractivity contribution is 7.82. The molecule has 0 aliphatic carbocycles. The van der Waals surface area contributed by atoms with Gasteiger partial charge in [0.15, 0.2) is 0 Å². The van der Waals surface area contributed by atoms with E-state index in [9.17, 15) is 0 Å². The van der Waals surface area contributed by atoms with Gasteiger partial charge in [-0.15, -0.1) is 0 Å². The van der Waals surface area contributed by atoms with Crippen molar-refractivity contribution in [3.8, 4) is 0 Å². The second-order valence-electron chi connectivity index (χ2n) is 0.704. The molecule has 0 aromatic carbocycles. The highest BCUT2D eigenvalue weighted by Crippen LogP contribution is 1.86. The fraction of sp³-hybridized carbons (Fsp3) is 0. The van der Waals surface area contributed by atoms with E-state index in [0.717, 1.165) is 0 Å². The summed E-state index contributed by atoms with van der Waals surface area (Å²) in [7, 11) is 0. The van der Waals surface area contributed by atoms with Gasteiger partial charge in [0.05, 0.1) is 5.75 Å². The van der Waals surface area contributed by atoms with Gasteiger partial charge in [-0.2, -0.15) is 12.6 Å². The van der Waals surface area contributed by atoms with Gasteiger partial charge in [0.25, 0.3) is 0 Å². The third kappa shape index (κ3) is 3.89. The fourth-order valence-corrected chi connectivity index (χ4v) is 0. The molecule has 0 aromatic heterocycles. The molecule has 0 heterocycles. The summed E-state index contributed by atoms with van der Waals surface area (Å²) in [5.41, 5.74) is 5.46. The van der Waals surface area contributed by atoms with Gasteiger partial charge in [-0.25, -0.2) is 0 Å². The van der Waals surface area contributed by atoms with Crippen molar-refractivity contribution in [1.82, 2.24) is 0 Å². The molecule has 0 fully saturated rings. The van der Waals surface area contributed by atoms with Crippen LogP contribution in [-0.2, 0) is 0 Å². The smallest absolute Gasteiger partial charge is 0.0577 e. The van der Waals surface area contributed by atoms with E-state index in [1.807, 2.05) is 0 Å². The highest BCUT2D eigenvalue weighted by atomic mass is 32.1. The van der Waals surface area contributed by atoms with Crippen LogP contribution in [-0.4, -0.2) is 0 Å². The van der Waals surface area contributed by atoms with Crippen LogP contribution in [0, 0.1) is 5.75 Å². The van der Waals surface area contributed by atoms with Gasteiger partial charge in [0.1, 0.15) is 0 Å². The van der Waals surface area contributed by atoms with Crippen molar-refractivity contribution in [1.29, 1.82) is 0 Å². The molecule has 2 heteroatoms. The lowest BCUT2D eigenvalue weighted by Crippen LogP contribution is -1.88. The molecule has 5 heavy (non-hydrogen) atoms. The zero-order valence-electron chi connectivity index (χ0n) is 2.81. The maximum absolute atomic E-state index is 4.97. The number of thiol groups is 1. The fourth-order valence-electron chi connectivity index (χ4n) is 0. The molecule has 0 aromatic rings. The minimum Gasteiger partial charge on any atom is -0.402 e. The average molecular weight is 88.2 g/mol. The summed E-state index contributed by atoms with van der Waals surface area (Å²) in [5.74, 6) is 1.44. The van der Waals surface area contributed by atoms with Gasteiger partial charge in [-0.3, -0.25) is 0 Å². The largest absolute Gasteiger partial charge is 0.402 e. The third-order valence-electron chi connectivity index (χ3n) is 0.166. The van der Waals surface area contributed by atoms with Crippen molar-refractivity contribution in [2.45, 2.75) is 0 Å². The Bertz CT molecular complexity index is 42.2. The normalized spacial score (nSPS) is 7.40. The Labute approximate surface area is 37.3 Å². The van der Waals surface area contributed by atoms with Crippen LogP contribution < -0.4 is 5.73 Å². The minimum absolute atomic E-state index is 0.494. The van der Waals surface area contributed by atoms with Crippen LogP contribution in [0.4, 0.5) is 0 Å². The summed E-state index contributed by atoms with van der Waals surface area (Å²) in [4.78, 5) is 0. The molecule has 0 amide bonds. The molecule has 2 N–H and O–H groups in total. The second kappa shape index (κ2) is 2.15. The van der Waals surface area contributed by atoms with E-state index in [-0.39, 0.29) is 0 Å². The summed E-state index contributed by atoms with van der Waals surface area (Å²) in [6.45, 7) is 3.32. The standard InChI is InChI=1S/C3H6NS/c1-3(4)2-5/h2,5H,1,4H2. The van der Waals surface area contributed by atoms with E-state index in [1.54, 1.807) is 0 Å². The summed E-state index contributed by atoms with van der Waals surface area (Å²) in [6, 6.07) is 0. The van der Waals surface area contributed by atoms with E-state index in [0.29, 0.717) is 5.70 Å². The van der Waals surface area contributed by atoms with E-state index < -0.39 is 0 Å². The van der Waals surface area contributed by atoms with Crippen molar-refractivity contribution in [2.24, 2.45) is 5.73 Å². The molecule has 0 aliphatic rings. The number of rotatable bonds is 1. The van der Waals surface area contributed by atoms with Gasteiger partial charge in [-0.05, 0) is 0 Å². The predicted molar refractivity (Wildman–Crippen MR) is 26.6 cm³/mol. The Morgan fingerprint density at radius 1 is 2.00 bits per heavy atom. The van der Waals surface area contributed by atoms with Crippen LogP contribution in [0.3, 0.4) is 0 Å². The molecule has 29 valence electrons. The lowest BCUT2D eigenvalue weighted by atomic mass is 10.6. The van der Waals surface area contributed by atoms with E-state index in [1.165, 1.54) is 5.75 Å². The van der Waals surface area contributed by atoms with E-state index in [4.69, 9.17) is 5.73 Å². The Morgan fingerprint density at radius 2 is 2.20 bits per heavy atom. The van der Waals surface area contributed by atoms with E-state index >= 15 is 0 Å². The first kappa shape index (κ1) is 4.89. The Morgan fingerprint density at radius 3 is 2.20 bits per heavy atom. The molecule has 0 unspecified atom stereocenters. The van der Waals surface area contributed by atoms with Crippen molar-refractivity contribution in [3.63, 3.8) is 0 Å². The van der Waals surface area contributed by atoms with Crippen LogP contribution >= 0.6 is 12.6 Å². The van der Waals surface area contributed by atoms with Crippen molar-refractivity contribution < 1.29 is 0 Å². The highest BCUT2D eigenvalue weighted by Gasteiger charge is 1.69. The first-order valence-electron chi connectivity index (χ1n) is 1.19. The molecular formula is C3H6NS. The SMILES string of the molecule is C=C(N)[CH]S. The zero-order valence-corrected chi connectivity index (χ0v) is 3.70. The summed E-state index contributed by atoms with van der Waals surface area (Å²) in [6.07, 6.45) is 0. The van der Waals surface area contributed by atoms with Gasteiger partial charge in [0.2, 0.25) is 0 Å². The van der Waals surface area contributed by atoms with Crippen LogP contribution in [0.2, 0.25) is 0 Å². The van der Waals surface area contributed by atoms with E-state index in [2.05, 4.69) is 19.2 Å². The van der Waals surface area contributed by atoms with Gasteiger partial charge >= 0.3 is 0 Å². The molecular weight excluding hydrogens is 82.1 g/mol. The summed E-state index contributed by atoms with van der Waals surface area (Å²) in [5, 5.41) is 0. The lowest BCUT2D eigenvalue weighted by molar-refractivity contribution is 1.44. The Balaban J connectivity index is 2.85. The monoisotopic (exact) mass is 88.0 g/mol. The van der Waals surface area contributed by atoms with Gasteiger partial charge < -0.3 is 5.73 Å². The molecule has 1 radical (unpaired) electrons. The first-order valence-corrected chi connectivity index (χ1v) is 1.71. The minimum atomic E-state index is 0.494. The maximum Gasteiger partial charge on any atom is 0.0577 e. The molecule has 0 atom stereocenters. The van der Waals surface area contributed by atoms with Crippen LogP contribution in [0.5, 0.6) is 0 Å². The van der Waals surface area contributed by atoms with Crippen LogP contribution in [0.25, 0.3) is 0 Å². The van der Waals surface area contributed by atoms with Crippen LogP contribution in [0.1, 0.15) is 0 Å². The Kier molecular flexibility index (Phi) is 2.10. The predicted octanol–water partition coefficient (Wildman–Crippen LogP) is 0.550. The number of hydrogen-bond acceptors (Lipinski definition) is 2. The zero-order chi connectivity index (χ0) is 4.28. The quantitative estimate of drug-likeness (QED) is 0.450.